The number of halogens is 4. The molecule has 1 aliphatic heterocycles. The van der Waals surface area contributed by atoms with Gasteiger partial charge in [0.05, 0.1) is 37.4 Å². The van der Waals surface area contributed by atoms with Crippen molar-refractivity contribution in [3.8, 4) is 0 Å². The fraction of sp³-hybridized carbons (Fsp3) is 0.789. The molecule has 32 heavy (non-hydrogen) atoms. The number of ether oxygens (including phenoxy) is 3. The Morgan fingerprint density at radius 2 is 1.97 bits per heavy atom. The van der Waals surface area contributed by atoms with Crippen molar-refractivity contribution in [2.24, 2.45) is 23.2 Å². The van der Waals surface area contributed by atoms with Crippen LogP contribution in [0.25, 0.3) is 0 Å². The van der Waals surface area contributed by atoms with Crippen LogP contribution in [0.5, 0.6) is 0 Å². The minimum absolute atomic E-state index is 0.0153. The average molecular weight is 488 g/mol. The number of hydrogen-bond acceptors (Lipinski definition) is 7. The highest BCUT2D eigenvalue weighted by Gasteiger charge is 2.65. The van der Waals surface area contributed by atoms with Crippen molar-refractivity contribution in [1.29, 1.82) is 0 Å². The molecule has 0 aromatic carbocycles. The van der Waals surface area contributed by atoms with Gasteiger partial charge in [-0.25, -0.2) is 4.79 Å². The standard InChI is InChI=1S/C19H24F4O8S/c1-11(9-29-4-3-18(20,21)19(22,23)32(26,27)28)15(24)31-10-13-6-12-7-14(13)17(8-12)2-5-30-16(17)25/h12-14H,1-10H2,(H,26,27,28). The summed E-state index contributed by atoms with van der Waals surface area (Å²) in [4.78, 5) is 24.3. The third-order valence-electron chi connectivity index (χ3n) is 6.65. The van der Waals surface area contributed by atoms with E-state index in [2.05, 4.69) is 6.58 Å². The molecule has 0 radical (unpaired) electrons. The maximum absolute atomic E-state index is 13.4. The monoisotopic (exact) mass is 488 g/mol. The second-order valence-corrected chi connectivity index (χ2v) is 10.1. The molecule has 1 saturated heterocycles. The van der Waals surface area contributed by atoms with E-state index in [4.69, 9.17) is 18.8 Å². The van der Waals surface area contributed by atoms with Gasteiger partial charge in [0.15, 0.2) is 0 Å². The predicted octanol–water partition coefficient (Wildman–Crippen LogP) is 2.59. The molecule has 1 heterocycles. The second-order valence-electron chi connectivity index (χ2n) is 8.65. The van der Waals surface area contributed by atoms with Crippen LogP contribution in [0.1, 0.15) is 32.1 Å². The maximum Gasteiger partial charge on any atom is 0.431 e. The molecule has 0 aromatic heterocycles. The largest absolute Gasteiger partial charge is 0.465 e. The SMILES string of the molecule is C=C(COCCC(F)(F)C(F)(F)S(=O)(=O)O)C(=O)OCC1CC2CC1C1(CCOC1=O)C2. The molecule has 8 nitrogen and oxygen atoms in total. The highest BCUT2D eigenvalue weighted by atomic mass is 32.2. The Balaban J connectivity index is 1.42. The van der Waals surface area contributed by atoms with Crippen molar-refractivity contribution in [2.45, 2.75) is 43.3 Å². The van der Waals surface area contributed by atoms with Crippen molar-refractivity contribution < 1.29 is 54.3 Å². The van der Waals surface area contributed by atoms with Crippen LogP contribution in [0.3, 0.4) is 0 Å². The van der Waals surface area contributed by atoms with E-state index >= 15 is 0 Å². The van der Waals surface area contributed by atoms with Crippen LogP contribution in [0.15, 0.2) is 12.2 Å². The number of esters is 2. The van der Waals surface area contributed by atoms with Crippen LogP contribution in [0.4, 0.5) is 17.6 Å². The van der Waals surface area contributed by atoms with Gasteiger partial charge in [-0.15, -0.1) is 0 Å². The van der Waals surface area contributed by atoms with Gasteiger partial charge in [0.25, 0.3) is 0 Å². The molecule has 4 atom stereocenters. The minimum atomic E-state index is -6.32. The topological polar surface area (TPSA) is 116 Å². The van der Waals surface area contributed by atoms with Crippen LogP contribution < -0.4 is 0 Å². The lowest BCUT2D eigenvalue weighted by molar-refractivity contribution is -0.170. The first kappa shape index (κ1) is 24.9. The summed E-state index contributed by atoms with van der Waals surface area (Å²) in [6.45, 7) is 2.22. The Hall–Kier alpha value is -1.73. The summed E-state index contributed by atoms with van der Waals surface area (Å²) in [7, 11) is -6.32. The summed E-state index contributed by atoms with van der Waals surface area (Å²) in [5.74, 6) is -5.73. The molecule has 2 bridgehead atoms. The van der Waals surface area contributed by atoms with Crippen molar-refractivity contribution in [3.05, 3.63) is 12.2 Å². The zero-order valence-corrected chi connectivity index (χ0v) is 17.8. The molecular formula is C19H24F4O8S. The Bertz CT molecular complexity index is 890. The Labute approximate surface area is 182 Å². The molecule has 1 N–H and O–H groups in total. The van der Waals surface area contributed by atoms with E-state index < -0.39 is 52.3 Å². The van der Waals surface area contributed by atoms with E-state index in [1.165, 1.54) is 0 Å². The van der Waals surface area contributed by atoms with Gasteiger partial charge < -0.3 is 14.2 Å². The molecule has 1 spiro atoms. The third-order valence-corrected chi connectivity index (χ3v) is 7.59. The first-order chi connectivity index (χ1) is 14.7. The summed E-state index contributed by atoms with van der Waals surface area (Å²) in [6.07, 6.45) is 1.39. The molecule has 182 valence electrons. The summed E-state index contributed by atoms with van der Waals surface area (Å²) in [6, 6.07) is 0. The van der Waals surface area contributed by atoms with E-state index in [0.717, 1.165) is 19.3 Å². The number of hydrogen-bond donors (Lipinski definition) is 1. The molecule has 4 unspecified atom stereocenters. The molecule has 2 aliphatic carbocycles. The molecule has 0 aromatic rings. The summed E-state index contributed by atoms with van der Waals surface area (Å²) in [5.41, 5.74) is -0.747. The maximum atomic E-state index is 13.4. The van der Waals surface area contributed by atoms with Crippen molar-refractivity contribution >= 4 is 22.1 Å². The molecule has 0 amide bonds. The van der Waals surface area contributed by atoms with E-state index in [1.54, 1.807) is 0 Å². The fourth-order valence-electron chi connectivity index (χ4n) is 5.10. The van der Waals surface area contributed by atoms with Crippen LogP contribution in [-0.2, 0) is 33.9 Å². The van der Waals surface area contributed by atoms with Gasteiger partial charge in [0.2, 0.25) is 0 Å². The number of carbonyl (C=O) groups is 2. The minimum Gasteiger partial charge on any atom is -0.465 e. The summed E-state index contributed by atoms with van der Waals surface area (Å²) < 4.78 is 97.2. The average Bonchev–Trinajstić information content (AvgIpc) is 3.37. The van der Waals surface area contributed by atoms with E-state index in [1.807, 2.05) is 0 Å². The smallest absolute Gasteiger partial charge is 0.431 e. The van der Waals surface area contributed by atoms with Gasteiger partial charge in [-0.1, -0.05) is 6.58 Å². The lowest BCUT2D eigenvalue weighted by Gasteiger charge is -2.35. The number of fused-ring (bicyclic) bond motifs is 3. The highest BCUT2D eigenvalue weighted by Crippen LogP contribution is 2.62. The Morgan fingerprint density at radius 3 is 2.53 bits per heavy atom. The first-order valence-electron chi connectivity index (χ1n) is 10.0. The van der Waals surface area contributed by atoms with Gasteiger partial charge >= 0.3 is 33.2 Å². The molecule has 13 heteroatoms. The van der Waals surface area contributed by atoms with Gasteiger partial charge in [0.1, 0.15) is 0 Å². The van der Waals surface area contributed by atoms with Gasteiger partial charge in [0, 0.05) is 6.42 Å². The zero-order chi connectivity index (χ0) is 23.9. The van der Waals surface area contributed by atoms with Crippen LogP contribution in [0.2, 0.25) is 0 Å². The van der Waals surface area contributed by atoms with Gasteiger partial charge in [-0.2, -0.15) is 26.0 Å². The Morgan fingerprint density at radius 1 is 1.28 bits per heavy atom. The zero-order valence-electron chi connectivity index (χ0n) is 17.0. The normalized spacial score (nSPS) is 30.0. The first-order valence-corrected chi connectivity index (χ1v) is 11.5. The fourth-order valence-corrected chi connectivity index (χ4v) is 5.58. The van der Waals surface area contributed by atoms with Crippen LogP contribution >= 0.6 is 0 Å². The van der Waals surface area contributed by atoms with E-state index in [9.17, 15) is 35.6 Å². The molecule has 3 aliphatic rings. The lowest BCUT2D eigenvalue weighted by Crippen LogP contribution is -2.47. The molecular weight excluding hydrogens is 464 g/mol. The molecule has 3 rings (SSSR count). The van der Waals surface area contributed by atoms with Crippen molar-refractivity contribution in [2.75, 3.05) is 26.4 Å². The highest BCUT2D eigenvalue weighted by molar-refractivity contribution is 7.87. The van der Waals surface area contributed by atoms with Gasteiger partial charge in [-0.3, -0.25) is 9.35 Å². The van der Waals surface area contributed by atoms with E-state index in [0.29, 0.717) is 18.9 Å². The number of alkyl halides is 4. The van der Waals surface area contributed by atoms with Gasteiger partial charge in [-0.05, 0) is 43.4 Å². The number of carbonyl (C=O) groups excluding carboxylic acids is 2. The van der Waals surface area contributed by atoms with Crippen molar-refractivity contribution in [3.63, 3.8) is 0 Å². The molecule has 2 saturated carbocycles. The Kier molecular flexibility index (Phi) is 6.66. The summed E-state index contributed by atoms with van der Waals surface area (Å²) >= 11 is 0. The lowest BCUT2D eigenvalue weighted by atomic mass is 9.68. The van der Waals surface area contributed by atoms with Crippen molar-refractivity contribution in [1.82, 2.24) is 0 Å². The third kappa shape index (κ3) is 4.38. The predicted molar refractivity (Wildman–Crippen MR) is 99.3 cm³/mol. The summed E-state index contributed by atoms with van der Waals surface area (Å²) in [5, 5.41) is -5.68. The number of cyclic esters (lactones) is 1. The van der Waals surface area contributed by atoms with E-state index in [-0.39, 0.29) is 30.0 Å². The molecule has 3 fully saturated rings. The van der Waals surface area contributed by atoms with Crippen LogP contribution in [0, 0.1) is 23.2 Å². The number of rotatable bonds is 10. The van der Waals surface area contributed by atoms with Crippen LogP contribution in [-0.4, -0.2) is 62.5 Å². The quantitative estimate of drug-likeness (QED) is 0.164. The second kappa shape index (κ2) is 8.56.